The largest absolute Gasteiger partial charge is 0.309 e. The predicted molar refractivity (Wildman–Crippen MR) is 219 cm³/mol. The summed E-state index contributed by atoms with van der Waals surface area (Å²) in [6.07, 6.45) is 0. The first-order chi connectivity index (χ1) is 25.3. The molecule has 0 bridgehead atoms. The fourth-order valence-electron chi connectivity index (χ4n) is 8.75. The summed E-state index contributed by atoms with van der Waals surface area (Å²) < 4.78 is 2.44. The van der Waals surface area contributed by atoms with Gasteiger partial charge in [0.05, 0.1) is 11.0 Å². The lowest BCUT2D eigenvalue weighted by atomic mass is 9.85. The van der Waals surface area contributed by atoms with Crippen molar-refractivity contribution in [2.45, 2.75) is 0 Å². The van der Waals surface area contributed by atoms with Gasteiger partial charge in [-0.3, -0.25) is 0 Å². The molecule has 10 aromatic carbocycles. The van der Waals surface area contributed by atoms with E-state index < -0.39 is 0 Å². The maximum Gasteiger partial charge on any atom is 0.0619 e. The van der Waals surface area contributed by atoms with Gasteiger partial charge in [0.15, 0.2) is 0 Å². The van der Waals surface area contributed by atoms with Crippen LogP contribution < -0.4 is 0 Å². The minimum atomic E-state index is 1.17. The van der Waals surface area contributed by atoms with Crippen LogP contribution in [0.1, 0.15) is 0 Å². The molecule has 0 amide bonds. The monoisotopic (exact) mass is 645 g/mol. The van der Waals surface area contributed by atoms with Gasteiger partial charge in [0.1, 0.15) is 0 Å². The third-order valence-corrected chi connectivity index (χ3v) is 10.9. The van der Waals surface area contributed by atoms with Crippen LogP contribution in [0.4, 0.5) is 0 Å². The van der Waals surface area contributed by atoms with Crippen LogP contribution in [0.2, 0.25) is 0 Å². The second-order valence-electron chi connectivity index (χ2n) is 13.6. The summed E-state index contributed by atoms with van der Waals surface area (Å²) in [6, 6.07) is 69.3. The van der Waals surface area contributed by atoms with Gasteiger partial charge in [0.25, 0.3) is 0 Å². The Hall–Kier alpha value is -6.70. The molecule has 1 heteroatoms. The van der Waals surface area contributed by atoms with Crippen LogP contribution in [0.3, 0.4) is 0 Å². The molecule has 0 radical (unpaired) electrons. The molecule has 51 heavy (non-hydrogen) atoms. The van der Waals surface area contributed by atoms with Crippen LogP contribution in [-0.2, 0) is 0 Å². The number of para-hydroxylation sites is 3. The summed E-state index contributed by atoms with van der Waals surface area (Å²) in [5.74, 6) is 0. The molecule has 0 atom stereocenters. The Bertz CT molecular complexity index is 3170. The Morgan fingerprint density at radius 2 is 0.784 bits per heavy atom. The zero-order valence-corrected chi connectivity index (χ0v) is 27.8. The molecule has 0 aliphatic carbocycles. The first-order valence-corrected chi connectivity index (χ1v) is 17.7. The SMILES string of the molecule is c1ccc(-c2ccc3c(c2)c2ccc(-c4cccc5c6ccccc6n(-c6ccccc6)c45)cc2c2c4ccccc4c4ccccc4c32)cc1. The highest BCUT2D eigenvalue weighted by atomic mass is 15.0. The van der Waals surface area contributed by atoms with Crippen LogP contribution in [0, 0.1) is 0 Å². The number of aromatic nitrogens is 1. The van der Waals surface area contributed by atoms with E-state index >= 15 is 0 Å². The zero-order chi connectivity index (χ0) is 33.5. The zero-order valence-electron chi connectivity index (χ0n) is 27.8. The molecule has 1 aromatic heterocycles. The van der Waals surface area contributed by atoms with Crippen molar-refractivity contribution in [2.75, 3.05) is 0 Å². The lowest BCUT2D eigenvalue weighted by Gasteiger charge is -2.18. The van der Waals surface area contributed by atoms with E-state index in [1.807, 2.05) is 0 Å². The molecule has 0 spiro atoms. The molecule has 236 valence electrons. The van der Waals surface area contributed by atoms with Crippen molar-refractivity contribution in [2.24, 2.45) is 0 Å². The van der Waals surface area contributed by atoms with Crippen molar-refractivity contribution in [3.63, 3.8) is 0 Å². The minimum Gasteiger partial charge on any atom is -0.309 e. The average Bonchev–Trinajstić information content (AvgIpc) is 3.55. The Balaban J connectivity index is 1.32. The van der Waals surface area contributed by atoms with E-state index in [9.17, 15) is 0 Å². The molecular formula is C50H31N. The van der Waals surface area contributed by atoms with Crippen LogP contribution >= 0.6 is 0 Å². The number of hydrogen-bond acceptors (Lipinski definition) is 0. The van der Waals surface area contributed by atoms with E-state index in [0.29, 0.717) is 0 Å². The van der Waals surface area contributed by atoms with Crippen molar-refractivity contribution in [1.82, 2.24) is 4.57 Å². The fourth-order valence-corrected chi connectivity index (χ4v) is 8.75. The molecule has 1 nitrogen and oxygen atoms in total. The first-order valence-electron chi connectivity index (χ1n) is 17.7. The smallest absolute Gasteiger partial charge is 0.0619 e. The highest BCUT2D eigenvalue weighted by Crippen LogP contribution is 2.46. The molecule has 0 saturated heterocycles. The van der Waals surface area contributed by atoms with Gasteiger partial charge in [0.2, 0.25) is 0 Å². The van der Waals surface area contributed by atoms with Crippen molar-refractivity contribution in [3.05, 3.63) is 188 Å². The van der Waals surface area contributed by atoms with E-state index in [2.05, 4.69) is 193 Å². The second kappa shape index (κ2) is 10.9. The number of fused-ring (bicyclic) bond motifs is 14. The lowest BCUT2D eigenvalue weighted by molar-refractivity contribution is 1.18. The first kappa shape index (κ1) is 28.2. The Morgan fingerprint density at radius 1 is 0.275 bits per heavy atom. The number of nitrogens with zero attached hydrogens (tertiary/aromatic N) is 1. The molecule has 0 unspecified atom stereocenters. The van der Waals surface area contributed by atoms with Gasteiger partial charge >= 0.3 is 0 Å². The number of benzene rings is 10. The summed E-state index contributed by atoms with van der Waals surface area (Å²) in [4.78, 5) is 0. The van der Waals surface area contributed by atoms with Crippen molar-refractivity contribution in [1.29, 1.82) is 0 Å². The molecule has 1 heterocycles. The van der Waals surface area contributed by atoms with Gasteiger partial charge in [-0.1, -0.05) is 158 Å². The predicted octanol–water partition coefficient (Wildman–Crippen LogP) is 13.9. The quantitative estimate of drug-likeness (QED) is 0.169. The molecule has 0 aliphatic heterocycles. The van der Waals surface area contributed by atoms with Crippen molar-refractivity contribution < 1.29 is 0 Å². The van der Waals surface area contributed by atoms with Crippen LogP contribution in [0.5, 0.6) is 0 Å². The van der Waals surface area contributed by atoms with Crippen molar-refractivity contribution >= 4 is 75.7 Å². The summed E-state index contributed by atoms with van der Waals surface area (Å²) >= 11 is 0. The van der Waals surface area contributed by atoms with Gasteiger partial charge in [-0.2, -0.15) is 0 Å². The third kappa shape index (κ3) is 4.09. The molecule has 11 aromatic rings. The standard InChI is InChI=1S/C50H31N/c1-3-14-32(15-4-1)33-26-29-43-45(30-33)39-28-27-34(31-46(39)49-42-22-10-8-19-38(42)37-18-7-9-21-41(37)48(43)49)36-23-13-24-44-40-20-11-12-25-47(40)51(50(36)44)35-16-5-2-6-17-35/h1-31H. The van der Waals surface area contributed by atoms with Crippen LogP contribution in [-0.4, -0.2) is 4.57 Å². The maximum atomic E-state index is 2.47. The highest BCUT2D eigenvalue weighted by Gasteiger charge is 2.20. The Labute approximate surface area is 295 Å². The maximum absolute atomic E-state index is 2.47. The van der Waals surface area contributed by atoms with E-state index in [4.69, 9.17) is 0 Å². The summed E-state index contributed by atoms with van der Waals surface area (Å²) in [6.45, 7) is 0. The normalized spacial score (nSPS) is 11.9. The molecule has 0 fully saturated rings. The fraction of sp³-hybridized carbons (Fsp3) is 0. The highest BCUT2D eigenvalue weighted by molar-refractivity contribution is 6.39. The van der Waals surface area contributed by atoms with Gasteiger partial charge < -0.3 is 4.57 Å². The van der Waals surface area contributed by atoms with Crippen LogP contribution in [0.25, 0.3) is 104 Å². The van der Waals surface area contributed by atoms with Gasteiger partial charge in [-0.25, -0.2) is 0 Å². The Morgan fingerprint density at radius 3 is 1.53 bits per heavy atom. The molecule has 0 aliphatic rings. The van der Waals surface area contributed by atoms with E-state index in [0.717, 1.165) is 0 Å². The Kier molecular flexibility index (Phi) is 6.02. The van der Waals surface area contributed by atoms with E-state index in [1.54, 1.807) is 0 Å². The molecule has 11 rings (SSSR count). The lowest BCUT2D eigenvalue weighted by Crippen LogP contribution is -1.95. The van der Waals surface area contributed by atoms with Gasteiger partial charge in [0, 0.05) is 22.0 Å². The van der Waals surface area contributed by atoms with Gasteiger partial charge in [-0.15, -0.1) is 0 Å². The molecular weight excluding hydrogens is 615 g/mol. The minimum absolute atomic E-state index is 1.17. The summed E-state index contributed by atoms with van der Waals surface area (Å²) in [5, 5.41) is 15.5. The summed E-state index contributed by atoms with van der Waals surface area (Å²) in [7, 11) is 0. The third-order valence-electron chi connectivity index (χ3n) is 10.9. The second-order valence-corrected chi connectivity index (χ2v) is 13.6. The average molecular weight is 646 g/mol. The molecule has 0 N–H and O–H groups in total. The number of hydrogen-bond donors (Lipinski definition) is 0. The molecule has 0 saturated carbocycles. The van der Waals surface area contributed by atoms with Gasteiger partial charge in [-0.05, 0) is 101 Å². The van der Waals surface area contributed by atoms with Crippen LogP contribution in [0.15, 0.2) is 188 Å². The topological polar surface area (TPSA) is 4.93 Å². The summed E-state index contributed by atoms with van der Waals surface area (Å²) in [5.41, 5.74) is 8.52. The van der Waals surface area contributed by atoms with E-state index in [1.165, 1.54) is 104 Å². The number of rotatable bonds is 3. The van der Waals surface area contributed by atoms with Crippen molar-refractivity contribution in [3.8, 4) is 27.9 Å². The van der Waals surface area contributed by atoms with E-state index in [-0.39, 0.29) is 0 Å².